The van der Waals surface area contributed by atoms with Crippen LogP contribution in [0.5, 0.6) is 0 Å². The van der Waals surface area contributed by atoms with Crippen molar-refractivity contribution in [3.05, 3.63) is 38.7 Å². The van der Waals surface area contributed by atoms with Crippen molar-refractivity contribution in [1.82, 2.24) is 4.98 Å². The van der Waals surface area contributed by atoms with E-state index in [0.717, 1.165) is 10.4 Å². The summed E-state index contributed by atoms with van der Waals surface area (Å²) in [6.45, 7) is 4.44. The van der Waals surface area contributed by atoms with Gasteiger partial charge in [-0.2, -0.15) is 0 Å². The predicted molar refractivity (Wildman–Crippen MR) is 92.2 cm³/mol. The number of aromatic amines is 1. The standard InChI is InChI=1S/C17H23NS2/c1-3-5-6-7-8-13-9-11-14(12-10-13)16-15(4-2)20-17(19)18-16/h9-12H,3-8H2,1-2H3,(H,18,19). The van der Waals surface area contributed by atoms with Gasteiger partial charge in [-0.3, -0.25) is 0 Å². The molecule has 0 unspecified atom stereocenters. The van der Waals surface area contributed by atoms with Gasteiger partial charge in [-0.1, -0.05) is 57.4 Å². The Hall–Kier alpha value is -0.930. The van der Waals surface area contributed by atoms with Gasteiger partial charge in [-0.15, -0.1) is 11.3 Å². The van der Waals surface area contributed by atoms with Gasteiger partial charge >= 0.3 is 0 Å². The van der Waals surface area contributed by atoms with Crippen molar-refractivity contribution in [3.8, 4) is 11.3 Å². The van der Waals surface area contributed by atoms with Crippen molar-refractivity contribution in [2.75, 3.05) is 0 Å². The zero-order chi connectivity index (χ0) is 14.4. The monoisotopic (exact) mass is 305 g/mol. The molecular weight excluding hydrogens is 282 g/mol. The first-order valence-corrected chi connectivity index (χ1v) is 8.78. The van der Waals surface area contributed by atoms with E-state index in [9.17, 15) is 0 Å². The number of hydrogen-bond donors (Lipinski definition) is 1. The molecule has 1 heterocycles. The normalized spacial score (nSPS) is 10.9. The zero-order valence-electron chi connectivity index (χ0n) is 12.4. The van der Waals surface area contributed by atoms with Crippen molar-refractivity contribution in [2.24, 2.45) is 0 Å². The molecule has 0 radical (unpaired) electrons. The lowest BCUT2D eigenvalue weighted by Crippen LogP contribution is -1.88. The average Bonchev–Trinajstić information content (AvgIpc) is 2.85. The van der Waals surface area contributed by atoms with E-state index in [2.05, 4.69) is 43.1 Å². The molecule has 0 spiro atoms. The van der Waals surface area contributed by atoms with Crippen molar-refractivity contribution < 1.29 is 0 Å². The fourth-order valence-electron chi connectivity index (χ4n) is 2.44. The molecule has 3 heteroatoms. The third-order valence-corrected chi connectivity index (χ3v) is 4.98. The minimum atomic E-state index is 0.875. The van der Waals surface area contributed by atoms with Crippen LogP contribution in [0, 0.1) is 3.95 Å². The summed E-state index contributed by atoms with van der Waals surface area (Å²) < 4.78 is 0.875. The minimum absolute atomic E-state index is 0.875. The molecule has 108 valence electrons. The van der Waals surface area contributed by atoms with E-state index in [1.807, 2.05) is 0 Å². The van der Waals surface area contributed by atoms with Crippen molar-refractivity contribution in [2.45, 2.75) is 52.4 Å². The van der Waals surface area contributed by atoms with Crippen LogP contribution in [0.25, 0.3) is 11.3 Å². The van der Waals surface area contributed by atoms with Crippen molar-refractivity contribution in [1.29, 1.82) is 0 Å². The molecule has 2 rings (SSSR count). The van der Waals surface area contributed by atoms with Gasteiger partial charge in [0.2, 0.25) is 0 Å². The molecule has 0 saturated heterocycles. The quantitative estimate of drug-likeness (QED) is 0.478. The topological polar surface area (TPSA) is 15.8 Å². The van der Waals surface area contributed by atoms with E-state index in [-0.39, 0.29) is 0 Å². The smallest absolute Gasteiger partial charge is 0.159 e. The summed E-state index contributed by atoms with van der Waals surface area (Å²) in [6, 6.07) is 8.97. The van der Waals surface area contributed by atoms with Gasteiger partial charge in [0.05, 0.1) is 5.69 Å². The number of H-pyrrole nitrogens is 1. The van der Waals surface area contributed by atoms with E-state index in [4.69, 9.17) is 12.2 Å². The maximum Gasteiger partial charge on any atom is 0.159 e. The van der Waals surface area contributed by atoms with E-state index in [1.165, 1.54) is 53.8 Å². The van der Waals surface area contributed by atoms with Crippen LogP contribution in [0.15, 0.2) is 24.3 Å². The summed E-state index contributed by atoms with van der Waals surface area (Å²) in [7, 11) is 0. The highest BCUT2D eigenvalue weighted by molar-refractivity contribution is 7.73. The number of benzene rings is 1. The fraction of sp³-hybridized carbons (Fsp3) is 0.471. The molecule has 1 aromatic carbocycles. The number of unbranched alkanes of at least 4 members (excludes halogenated alkanes) is 3. The van der Waals surface area contributed by atoms with E-state index < -0.39 is 0 Å². The van der Waals surface area contributed by atoms with E-state index in [0.29, 0.717) is 0 Å². The third-order valence-electron chi connectivity index (χ3n) is 3.60. The van der Waals surface area contributed by atoms with Crippen LogP contribution in [0.1, 0.15) is 50.0 Å². The van der Waals surface area contributed by atoms with E-state index >= 15 is 0 Å². The second-order valence-corrected chi connectivity index (χ2v) is 6.95. The molecule has 0 aliphatic carbocycles. The van der Waals surface area contributed by atoms with Crippen LogP contribution in [-0.2, 0) is 12.8 Å². The molecule has 0 aliphatic heterocycles. The Morgan fingerprint density at radius 1 is 1.05 bits per heavy atom. The second kappa shape index (κ2) is 7.75. The Labute approximate surface area is 131 Å². The molecule has 0 bridgehead atoms. The van der Waals surface area contributed by atoms with Gasteiger partial charge < -0.3 is 4.98 Å². The van der Waals surface area contributed by atoms with Crippen LogP contribution < -0.4 is 0 Å². The van der Waals surface area contributed by atoms with Crippen molar-refractivity contribution in [3.63, 3.8) is 0 Å². The van der Waals surface area contributed by atoms with Crippen LogP contribution in [0.3, 0.4) is 0 Å². The minimum Gasteiger partial charge on any atom is -0.337 e. The highest BCUT2D eigenvalue weighted by Crippen LogP contribution is 2.27. The average molecular weight is 306 g/mol. The van der Waals surface area contributed by atoms with Crippen LogP contribution in [-0.4, -0.2) is 4.98 Å². The van der Waals surface area contributed by atoms with Crippen LogP contribution >= 0.6 is 23.6 Å². The zero-order valence-corrected chi connectivity index (χ0v) is 14.0. The SMILES string of the molecule is CCCCCCc1ccc(-c2[nH]c(=S)sc2CC)cc1. The lowest BCUT2D eigenvalue weighted by Gasteiger charge is -2.05. The van der Waals surface area contributed by atoms with Gasteiger partial charge in [0.25, 0.3) is 0 Å². The lowest BCUT2D eigenvalue weighted by molar-refractivity contribution is 0.667. The van der Waals surface area contributed by atoms with Crippen molar-refractivity contribution >= 4 is 23.6 Å². The molecule has 1 aromatic heterocycles. The van der Waals surface area contributed by atoms with Gasteiger partial charge in [0.15, 0.2) is 3.95 Å². The number of aryl methyl sites for hydroxylation is 2. The molecule has 0 atom stereocenters. The largest absolute Gasteiger partial charge is 0.337 e. The Bertz CT molecular complexity index is 578. The maximum absolute atomic E-state index is 5.26. The number of hydrogen-bond acceptors (Lipinski definition) is 2. The molecule has 1 nitrogen and oxygen atoms in total. The van der Waals surface area contributed by atoms with Gasteiger partial charge in [0, 0.05) is 4.88 Å². The summed E-state index contributed by atoms with van der Waals surface area (Å²) in [5, 5.41) is 0. The summed E-state index contributed by atoms with van der Waals surface area (Å²) in [5.41, 5.74) is 3.91. The summed E-state index contributed by atoms with van der Waals surface area (Å²) in [5.74, 6) is 0. The Morgan fingerprint density at radius 3 is 2.45 bits per heavy atom. The Balaban J connectivity index is 2.05. The molecule has 1 N–H and O–H groups in total. The fourth-order valence-corrected chi connectivity index (χ4v) is 3.63. The third kappa shape index (κ3) is 4.03. The number of nitrogens with one attached hydrogen (secondary N) is 1. The molecule has 0 aliphatic rings. The van der Waals surface area contributed by atoms with Crippen LogP contribution in [0.2, 0.25) is 0 Å². The number of thiazole rings is 1. The maximum atomic E-state index is 5.26. The highest BCUT2D eigenvalue weighted by Gasteiger charge is 2.07. The second-order valence-electron chi connectivity index (χ2n) is 5.17. The molecular formula is C17H23NS2. The summed E-state index contributed by atoms with van der Waals surface area (Å²) in [4.78, 5) is 4.68. The van der Waals surface area contributed by atoms with E-state index in [1.54, 1.807) is 11.3 Å². The number of rotatable bonds is 7. The first-order valence-electron chi connectivity index (χ1n) is 7.56. The molecule has 0 saturated carbocycles. The Morgan fingerprint density at radius 2 is 1.80 bits per heavy atom. The first kappa shape index (κ1) is 15.5. The van der Waals surface area contributed by atoms with Gasteiger partial charge in [0.1, 0.15) is 0 Å². The lowest BCUT2D eigenvalue weighted by atomic mass is 10.0. The molecule has 20 heavy (non-hydrogen) atoms. The number of aromatic nitrogens is 1. The molecule has 0 amide bonds. The van der Waals surface area contributed by atoms with Gasteiger partial charge in [-0.25, -0.2) is 0 Å². The first-order chi connectivity index (χ1) is 9.74. The Kier molecular flexibility index (Phi) is 5.99. The summed E-state index contributed by atoms with van der Waals surface area (Å²) >= 11 is 6.95. The summed E-state index contributed by atoms with van der Waals surface area (Å²) in [6.07, 6.45) is 7.52. The van der Waals surface area contributed by atoms with Crippen LogP contribution in [0.4, 0.5) is 0 Å². The molecule has 2 aromatic rings. The van der Waals surface area contributed by atoms with Gasteiger partial charge in [-0.05, 0) is 42.6 Å². The highest BCUT2D eigenvalue weighted by atomic mass is 32.1. The molecule has 0 fully saturated rings. The predicted octanol–water partition coefficient (Wildman–Crippen LogP) is 6.16.